The van der Waals surface area contributed by atoms with E-state index in [2.05, 4.69) is 10.3 Å². The standard InChI is InChI=1S/C18H22N2O5S2/c1-2-25-15-5-7-16(8-6-15)27(23,24)18-13-26(21,22)12-17(18)20-11-14-4-3-9-19-10-14/h3-10,17-18,20H,2,11-13H2,1H3. The van der Waals surface area contributed by atoms with Crippen molar-refractivity contribution in [1.82, 2.24) is 10.3 Å². The molecule has 0 amide bonds. The van der Waals surface area contributed by atoms with Crippen molar-refractivity contribution >= 4 is 19.7 Å². The first-order valence-electron chi connectivity index (χ1n) is 8.61. The Morgan fingerprint density at radius 1 is 1.19 bits per heavy atom. The Kier molecular flexibility index (Phi) is 5.83. The van der Waals surface area contributed by atoms with Gasteiger partial charge in [0.25, 0.3) is 0 Å². The van der Waals surface area contributed by atoms with Crippen LogP contribution in [-0.2, 0) is 26.2 Å². The Bertz CT molecular complexity index is 974. The normalized spacial score (nSPS) is 21.8. The minimum Gasteiger partial charge on any atom is -0.494 e. The zero-order valence-corrected chi connectivity index (χ0v) is 16.5. The molecule has 1 aromatic heterocycles. The van der Waals surface area contributed by atoms with E-state index in [0.29, 0.717) is 18.9 Å². The lowest BCUT2D eigenvalue weighted by atomic mass is 10.2. The summed E-state index contributed by atoms with van der Waals surface area (Å²) in [5.41, 5.74) is 0.860. The highest BCUT2D eigenvalue weighted by Crippen LogP contribution is 2.27. The summed E-state index contributed by atoms with van der Waals surface area (Å²) in [6.45, 7) is 2.67. The summed E-state index contributed by atoms with van der Waals surface area (Å²) in [6.07, 6.45) is 3.30. The Labute approximate surface area is 159 Å². The van der Waals surface area contributed by atoms with Gasteiger partial charge in [-0.25, -0.2) is 16.8 Å². The van der Waals surface area contributed by atoms with Gasteiger partial charge in [0.1, 0.15) is 5.75 Å². The van der Waals surface area contributed by atoms with E-state index < -0.39 is 31.0 Å². The molecule has 2 atom stereocenters. The second-order valence-corrected chi connectivity index (χ2v) is 10.7. The van der Waals surface area contributed by atoms with Gasteiger partial charge in [-0.15, -0.1) is 0 Å². The molecule has 146 valence electrons. The van der Waals surface area contributed by atoms with Crippen LogP contribution in [-0.4, -0.2) is 51.2 Å². The summed E-state index contributed by atoms with van der Waals surface area (Å²) in [5, 5.41) is 2.06. The smallest absolute Gasteiger partial charge is 0.183 e. The molecular weight excluding hydrogens is 388 g/mol. The van der Waals surface area contributed by atoms with Crippen LogP contribution in [0.4, 0.5) is 0 Å². The van der Waals surface area contributed by atoms with E-state index in [1.807, 2.05) is 13.0 Å². The zero-order valence-electron chi connectivity index (χ0n) is 14.9. The highest BCUT2D eigenvalue weighted by molar-refractivity contribution is 7.96. The first kappa shape index (κ1) is 19.8. The molecule has 1 aromatic carbocycles. The molecule has 2 heterocycles. The number of aromatic nitrogens is 1. The van der Waals surface area contributed by atoms with Crippen molar-refractivity contribution in [2.75, 3.05) is 18.1 Å². The number of hydrogen-bond donors (Lipinski definition) is 1. The van der Waals surface area contributed by atoms with Gasteiger partial charge >= 0.3 is 0 Å². The molecule has 3 rings (SSSR count). The molecule has 9 heteroatoms. The SMILES string of the molecule is CCOc1ccc(S(=O)(=O)C2CS(=O)(=O)CC2NCc2cccnc2)cc1. The van der Waals surface area contributed by atoms with E-state index in [0.717, 1.165) is 5.56 Å². The van der Waals surface area contributed by atoms with Crippen molar-refractivity contribution in [1.29, 1.82) is 0 Å². The molecular formula is C18H22N2O5S2. The van der Waals surface area contributed by atoms with Crippen LogP contribution in [0.1, 0.15) is 12.5 Å². The van der Waals surface area contributed by atoms with Crippen LogP contribution < -0.4 is 10.1 Å². The van der Waals surface area contributed by atoms with E-state index in [9.17, 15) is 16.8 Å². The molecule has 2 unspecified atom stereocenters. The number of nitrogens with zero attached hydrogens (tertiary/aromatic N) is 1. The fourth-order valence-electron chi connectivity index (χ4n) is 3.13. The van der Waals surface area contributed by atoms with E-state index in [-0.39, 0.29) is 16.4 Å². The number of benzene rings is 1. The van der Waals surface area contributed by atoms with Gasteiger partial charge < -0.3 is 10.1 Å². The Balaban J connectivity index is 1.82. The summed E-state index contributed by atoms with van der Waals surface area (Å²) in [4.78, 5) is 4.11. The van der Waals surface area contributed by atoms with Crippen LogP contribution in [0.3, 0.4) is 0 Å². The molecule has 7 nitrogen and oxygen atoms in total. The lowest BCUT2D eigenvalue weighted by Crippen LogP contribution is -2.43. The lowest BCUT2D eigenvalue weighted by Gasteiger charge is -2.20. The van der Waals surface area contributed by atoms with Crippen molar-refractivity contribution in [2.45, 2.75) is 29.7 Å². The van der Waals surface area contributed by atoms with Gasteiger partial charge in [0.05, 0.1) is 28.3 Å². The average Bonchev–Trinajstić information content (AvgIpc) is 2.97. The molecule has 2 aromatic rings. The molecule has 27 heavy (non-hydrogen) atoms. The van der Waals surface area contributed by atoms with Crippen LogP contribution in [0.5, 0.6) is 5.75 Å². The van der Waals surface area contributed by atoms with Gasteiger partial charge in [-0.05, 0) is 42.8 Å². The first-order chi connectivity index (χ1) is 12.8. The Morgan fingerprint density at radius 2 is 1.93 bits per heavy atom. The Morgan fingerprint density at radius 3 is 2.56 bits per heavy atom. The van der Waals surface area contributed by atoms with Crippen molar-refractivity contribution in [2.24, 2.45) is 0 Å². The highest BCUT2D eigenvalue weighted by Gasteiger charge is 2.45. The van der Waals surface area contributed by atoms with E-state index in [1.165, 1.54) is 12.1 Å². The lowest BCUT2D eigenvalue weighted by molar-refractivity contribution is 0.340. The number of rotatable bonds is 7. The van der Waals surface area contributed by atoms with Gasteiger partial charge in [-0.1, -0.05) is 6.07 Å². The molecule has 0 bridgehead atoms. The van der Waals surface area contributed by atoms with Crippen LogP contribution in [0.25, 0.3) is 0 Å². The van der Waals surface area contributed by atoms with Gasteiger partial charge in [0, 0.05) is 25.0 Å². The predicted molar refractivity (Wildman–Crippen MR) is 102 cm³/mol. The van der Waals surface area contributed by atoms with E-state index in [4.69, 9.17) is 4.74 Å². The van der Waals surface area contributed by atoms with Crippen molar-refractivity contribution in [3.8, 4) is 5.75 Å². The summed E-state index contributed by atoms with van der Waals surface area (Å²) in [6, 6.07) is 9.03. The number of pyridine rings is 1. The quantitative estimate of drug-likeness (QED) is 0.732. The summed E-state index contributed by atoms with van der Waals surface area (Å²) in [7, 11) is -7.25. The van der Waals surface area contributed by atoms with Crippen LogP contribution in [0.2, 0.25) is 0 Å². The molecule has 0 radical (unpaired) electrons. The summed E-state index contributed by atoms with van der Waals surface area (Å²) < 4.78 is 55.7. The summed E-state index contributed by atoms with van der Waals surface area (Å²) >= 11 is 0. The maximum Gasteiger partial charge on any atom is 0.183 e. The Hall–Kier alpha value is -1.97. The summed E-state index contributed by atoms with van der Waals surface area (Å²) in [5.74, 6) is -0.0108. The third kappa shape index (κ3) is 4.66. The topological polar surface area (TPSA) is 102 Å². The monoisotopic (exact) mass is 410 g/mol. The average molecular weight is 411 g/mol. The number of hydrogen-bond acceptors (Lipinski definition) is 7. The van der Waals surface area contributed by atoms with Crippen LogP contribution in [0, 0.1) is 0 Å². The minimum atomic E-state index is -3.81. The molecule has 1 saturated heterocycles. The second-order valence-electron chi connectivity index (χ2n) is 6.41. The zero-order chi connectivity index (χ0) is 19.5. The van der Waals surface area contributed by atoms with Crippen LogP contribution in [0.15, 0.2) is 53.7 Å². The fraction of sp³-hybridized carbons (Fsp3) is 0.389. The molecule has 0 aliphatic carbocycles. The third-order valence-corrected chi connectivity index (χ3v) is 8.62. The highest BCUT2D eigenvalue weighted by atomic mass is 32.2. The minimum absolute atomic E-state index is 0.0984. The number of nitrogens with one attached hydrogen (secondary N) is 1. The molecule has 1 N–H and O–H groups in total. The van der Waals surface area contributed by atoms with Crippen LogP contribution >= 0.6 is 0 Å². The molecule has 1 aliphatic heterocycles. The van der Waals surface area contributed by atoms with E-state index >= 15 is 0 Å². The largest absolute Gasteiger partial charge is 0.494 e. The van der Waals surface area contributed by atoms with Crippen molar-refractivity contribution in [3.05, 3.63) is 54.4 Å². The third-order valence-electron chi connectivity index (χ3n) is 4.45. The van der Waals surface area contributed by atoms with Gasteiger partial charge in [0.15, 0.2) is 19.7 Å². The predicted octanol–water partition coefficient (Wildman–Crippen LogP) is 1.21. The molecule has 0 spiro atoms. The van der Waals surface area contributed by atoms with E-state index in [1.54, 1.807) is 30.6 Å². The molecule has 1 aliphatic rings. The second kappa shape index (κ2) is 7.95. The van der Waals surface area contributed by atoms with Gasteiger partial charge in [-0.2, -0.15) is 0 Å². The van der Waals surface area contributed by atoms with Crippen molar-refractivity contribution < 1.29 is 21.6 Å². The molecule has 1 fully saturated rings. The van der Waals surface area contributed by atoms with Gasteiger partial charge in [0.2, 0.25) is 0 Å². The maximum absolute atomic E-state index is 13.1. The number of sulfone groups is 2. The first-order valence-corrected chi connectivity index (χ1v) is 12.0. The number of ether oxygens (including phenoxy) is 1. The molecule has 0 saturated carbocycles. The van der Waals surface area contributed by atoms with Crippen molar-refractivity contribution in [3.63, 3.8) is 0 Å². The maximum atomic E-state index is 13.1. The fourth-order valence-corrected chi connectivity index (χ4v) is 7.85. The van der Waals surface area contributed by atoms with Gasteiger partial charge in [-0.3, -0.25) is 4.98 Å².